The number of pyridine rings is 1. The number of imidazole rings is 1. The van der Waals surface area contributed by atoms with Gasteiger partial charge in [-0.3, -0.25) is 4.90 Å². The Morgan fingerprint density at radius 1 is 1.07 bits per heavy atom. The number of hydrogen-bond donors (Lipinski definition) is 1. The van der Waals surface area contributed by atoms with Gasteiger partial charge in [0.1, 0.15) is 34.8 Å². The van der Waals surface area contributed by atoms with Crippen LogP contribution >= 0.6 is 0 Å². The molecule has 2 aromatic carbocycles. The summed E-state index contributed by atoms with van der Waals surface area (Å²) in [6.45, 7) is 3.36. The summed E-state index contributed by atoms with van der Waals surface area (Å²) in [6.07, 6.45) is 2.91. The van der Waals surface area contributed by atoms with Crippen molar-refractivity contribution in [3.8, 4) is 11.8 Å². The van der Waals surface area contributed by atoms with Crippen LogP contribution in [0.15, 0.2) is 54.6 Å². The van der Waals surface area contributed by atoms with Crippen LogP contribution in [-0.4, -0.2) is 56.3 Å². The van der Waals surface area contributed by atoms with E-state index in [0.717, 1.165) is 49.8 Å². The second-order valence-electron chi connectivity index (χ2n) is 11.4. The molecule has 5 heterocycles. The molecule has 4 aromatic rings. The van der Waals surface area contributed by atoms with Crippen molar-refractivity contribution in [2.24, 2.45) is 0 Å². The summed E-state index contributed by atoms with van der Waals surface area (Å²) in [5, 5.41) is 18.6. The third-order valence-corrected chi connectivity index (χ3v) is 8.74. The Bertz CT molecular complexity index is 1840. The van der Waals surface area contributed by atoms with Gasteiger partial charge in [0.15, 0.2) is 11.3 Å². The van der Waals surface area contributed by atoms with Crippen LogP contribution in [0.5, 0.6) is 5.75 Å². The van der Waals surface area contributed by atoms with Gasteiger partial charge in [-0.05, 0) is 80.2 Å². The first-order valence-corrected chi connectivity index (χ1v) is 14.7. The molecule has 0 amide bonds. The Hall–Kier alpha value is -4.66. The zero-order chi connectivity index (χ0) is 30.4. The molecule has 0 unspecified atom stereocenters. The van der Waals surface area contributed by atoms with Crippen LogP contribution < -0.4 is 4.74 Å². The maximum absolute atomic E-state index is 15.3. The van der Waals surface area contributed by atoms with Gasteiger partial charge in [-0.2, -0.15) is 5.26 Å². The minimum atomic E-state index is -1.08. The molecule has 0 bridgehead atoms. The molecule has 3 aliphatic rings. The first-order chi connectivity index (χ1) is 21.4. The van der Waals surface area contributed by atoms with Crippen LogP contribution in [0.25, 0.3) is 17.0 Å². The Balaban J connectivity index is 1.09. The predicted molar refractivity (Wildman–Crippen MR) is 156 cm³/mol. The number of aromatic nitrogens is 3. The summed E-state index contributed by atoms with van der Waals surface area (Å²) in [5.74, 6) is -0.810. The average molecular weight is 598 g/mol. The van der Waals surface area contributed by atoms with Gasteiger partial charge in [0.2, 0.25) is 0 Å². The number of carboxylic acids is 1. The van der Waals surface area contributed by atoms with Gasteiger partial charge in [0, 0.05) is 12.2 Å². The predicted octanol–water partition coefficient (Wildman–Crippen LogP) is 5.75. The summed E-state index contributed by atoms with van der Waals surface area (Å²) in [7, 11) is 0. The molecule has 7 rings (SSSR count). The van der Waals surface area contributed by atoms with E-state index in [-0.39, 0.29) is 28.8 Å². The van der Waals surface area contributed by atoms with E-state index in [1.165, 1.54) is 24.3 Å². The average Bonchev–Trinajstić information content (AvgIpc) is 3.34. The molecule has 2 fully saturated rings. The number of halogens is 2. The van der Waals surface area contributed by atoms with Crippen molar-refractivity contribution in [2.45, 2.75) is 50.5 Å². The highest BCUT2D eigenvalue weighted by Gasteiger charge is 2.31. The number of fused-ring (bicyclic) bond motifs is 2. The number of para-hydroxylation sites is 1. The maximum Gasteiger partial charge on any atom is 0.354 e. The lowest BCUT2D eigenvalue weighted by atomic mass is 9.86. The molecule has 3 aliphatic heterocycles. The number of hydrogen-bond acceptors (Lipinski definition) is 7. The van der Waals surface area contributed by atoms with Gasteiger partial charge >= 0.3 is 5.97 Å². The fourth-order valence-electron chi connectivity index (χ4n) is 6.27. The van der Waals surface area contributed by atoms with E-state index in [1.807, 2.05) is 22.8 Å². The fraction of sp³-hybridized carbons (Fsp3) is 0.333. The molecule has 44 heavy (non-hydrogen) atoms. The number of carboxylic acid groups (broad SMARTS) is 1. The van der Waals surface area contributed by atoms with Crippen LogP contribution in [0.4, 0.5) is 8.78 Å². The molecule has 2 saturated heterocycles. The summed E-state index contributed by atoms with van der Waals surface area (Å²) in [6, 6.07) is 14.6. The lowest BCUT2D eigenvalue weighted by molar-refractivity contribution is -0.0593. The fourth-order valence-corrected chi connectivity index (χ4v) is 6.27. The van der Waals surface area contributed by atoms with Gasteiger partial charge in [-0.15, -0.1) is 0 Å². The first-order valence-electron chi connectivity index (χ1n) is 14.7. The second kappa shape index (κ2) is 11.4. The van der Waals surface area contributed by atoms with Crippen LogP contribution in [0.1, 0.15) is 69.9 Å². The molecular weight excluding hydrogens is 568 g/mol. The molecule has 0 radical (unpaired) electrons. The highest BCUT2D eigenvalue weighted by molar-refractivity contribution is 5.88. The Labute approximate surface area is 252 Å². The van der Waals surface area contributed by atoms with E-state index in [4.69, 9.17) is 19.7 Å². The standard InChI is InChI=1S/C33H29F2N5O4/c34-25-14-19(16-36)4-5-23(25)29-15-26(35)24-3-1-2-22(31(24)44-29)20-8-11-39(12-9-20)18-30-37-27-6-7-28(33(41)42)38-32(27)40(30)17-21-10-13-43-21/h1-7,14-15,20-21,29H,8-13,17-18H2,(H,41,42)/t21-,29-/m0/s1. The van der Waals surface area contributed by atoms with E-state index < -0.39 is 23.7 Å². The number of likely N-dealkylation sites (tertiary alicyclic amines) is 1. The van der Waals surface area contributed by atoms with Crippen molar-refractivity contribution >= 4 is 23.0 Å². The summed E-state index contributed by atoms with van der Waals surface area (Å²) in [5.41, 5.74) is 2.78. The number of nitrogens with zero attached hydrogens (tertiary/aromatic N) is 5. The first kappa shape index (κ1) is 28.1. The number of piperidine rings is 1. The molecule has 2 aromatic heterocycles. The number of rotatable bonds is 7. The molecule has 0 saturated carbocycles. The van der Waals surface area contributed by atoms with Gasteiger partial charge in [-0.1, -0.05) is 18.2 Å². The van der Waals surface area contributed by atoms with Crippen molar-refractivity contribution < 1.29 is 28.2 Å². The van der Waals surface area contributed by atoms with Gasteiger partial charge in [0.05, 0.1) is 36.4 Å². The molecule has 0 aliphatic carbocycles. The van der Waals surface area contributed by atoms with E-state index in [1.54, 1.807) is 12.1 Å². The number of carbonyl (C=O) groups is 1. The summed E-state index contributed by atoms with van der Waals surface area (Å²) >= 11 is 0. The van der Waals surface area contributed by atoms with Gasteiger partial charge < -0.3 is 19.1 Å². The van der Waals surface area contributed by atoms with Crippen molar-refractivity contribution in [2.75, 3.05) is 19.7 Å². The van der Waals surface area contributed by atoms with Crippen LogP contribution in [0, 0.1) is 17.1 Å². The van der Waals surface area contributed by atoms with Crippen molar-refractivity contribution in [3.63, 3.8) is 0 Å². The van der Waals surface area contributed by atoms with Crippen LogP contribution in [-0.2, 0) is 17.8 Å². The number of ether oxygens (including phenoxy) is 2. The van der Waals surface area contributed by atoms with Crippen LogP contribution in [0.3, 0.4) is 0 Å². The smallest absolute Gasteiger partial charge is 0.354 e. The largest absolute Gasteiger partial charge is 0.480 e. The van der Waals surface area contributed by atoms with Crippen molar-refractivity contribution in [1.29, 1.82) is 5.26 Å². The molecular formula is C33H29F2N5O4. The molecule has 0 spiro atoms. The van der Waals surface area contributed by atoms with E-state index >= 15 is 4.39 Å². The van der Waals surface area contributed by atoms with Crippen LogP contribution in [0.2, 0.25) is 0 Å². The SMILES string of the molecule is N#Cc1ccc([C@@H]2C=C(F)c3cccc(C4CCN(Cc5nc6ccc(C(=O)O)nc6n5C[C@@H]5CCO5)CC4)c3O2)c(F)c1. The Morgan fingerprint density at radius 3 is 2.59 bits per heavy atom. The summed E-state index contributed by atoms with van der Waals surface area (Å²) < 4.78 is 44.0. The number of nitriles is 1. The normalized spacial score (nSPS) is 20.3. The summed E-state index contributed by atoms with van der Waals surface area (Å²) in [4.78, 5) is 23.1. The Kier molecular flexibility index (Phi) is 7.32. The highest BCUT2D eigenvalue weighted by Crippen LogP contribution is 2.45. The quantitative estimate of drug-likeness (QED) is 0.287. The second-order valence-corrected chi connectivity index (χ2v) is 11.4. The molecule has 9 nitrogen and oxygen atoms in total. The van der Waals surface area contributed by atoms with Crippen molar-refractivity contribution in [1.82, 2.24) is 19.4 Å². The highest BCUT2D eigenvalue weighted by atomic mass is 19.1. The Morgan fingerprint density at radius 2 is 1.89 bits per heavy atom. The molecule has 1 N–H and O–H groups in total. The minimum absolute atomic E-state index is 0.0237. The van der Waals surface area contributed by atoms with E-state index in [9.17, 15) is 14.3 Å². The van der Waals surface area contributed by atoms with Crippen molar-refractivity contribution in [3.05, 3.63) is 94.2 Å². The monoisotopic (exact) mass is 597 g/mol. The number of aromatic carboxylic acids is 1. The number of benzene rings is 2. The lowest BCUT2D eigenvalue weighted by Gasteiger charge is -2.34. The molecule has 2 atom stereocenters. The zero-order valence-corrected chi connectivity index (χ0v) is 23.7. The maximum atomic E-state index is 15.3. The topological polar surface area (TPSA) is 114 Å². The third kappa shape index (κ3) is 5.20. The minimum Gasteiger partial charge on any atom is -0.480 e. The van der Waals surface area contributed by atoms with E-state index in [2.05, 4.69) is 9.88 Å². The molecule has 224 valence electrons. The molecule has 11 heteroatoms. The zero-order valence-electron chi connectivity index (χ0n) is 23.7. The lowest BCUT2D eigenvalue weighted by Crippen LogP contribution is -2.35. The van der Waals surface area contributed by atoms with E-state index in [0.29, 0.717) is 42.2 Å². The van der Waals surface area contributed by atoms with Gasteiger partial charge in [-0.25, -0.2) is 23.5 Å². The third-order valence-electron chi connectivity index (χ3n) is 8.74. The van der Waals surface area contributed by atoms with Gasteiger partial charge in [0.25, 0.3) is 0 Å².